The monoisotopic (exact) mass is 529 g/mol. The Kier molecular flexibility index (Phi) is 10.0. The van der Waals surface area contributed by atoms with Crippen LogP contribution in [0.5, 0.6) is 5.75 Å². The van der Waals surface area contributed by atoms with Gasteiger partial charge in [0.1, 0.15) is 5.75 Å². The number of methoxy groups -OCH3 is 1. The van der Waals surface area contributed by atoms with Gasteiger partial charge in [-0.15, -0.1) is 23.1 Å². The fourth-order valence-electron chi connectivity index (χ4n) is 5.19. The molecule has 0 bridgehead atoms. The van der Waals surface area contributed by atoms with Gasteiger partial charge in [-0.25, -0.2) is 0 Å². The van der Waals surface area contributed by atoms with Crippen LogP contribution in [-0.4, -0.2) is 60.6 Å². The van der Waals surface area contributed by atoms with Crippen molar-refractivity contribution in [2.24, 2.45) is 11.8 Å². The van der Waals surface area contributed by atoms with Crippen LogP contribution >= 0.6 is 23.1 Å². The highest BCUT2D eigenvalue weighted by Crippen LogP contribution is 2.35. The first-order chi connectivity index (χ1) is 17.6. The molecule has 1 aromatic carbocycles. The molecule has 4 rings (SSSR count). The van der Waals surface area contributed by atoms with Crippen molar-refractivity contribution in [1.29, 1.82) is 0 Å². The standard InChI is InChI=1S/C27H35N3O4S2/c1-33-21-6-8-24-23(17-21)22(9-11-28-24)25(29-34-2)7-5-19-10-12-30(18-20(19)16-26(31)32)13-15-36-27-4-3-14-35-27/h3-4,6,8-9,11,14,17,19-20,25,29H,5,7,10,12-13,15-16,18H2,1-2H3,(H,31,32)/t19-,20+,25+/m1/s1. The molecule has 9 heteroatoms. The summed E-state index contributed by atoms with van der Waals surface area (Å²) in [6.45, 7) is 2.85. The van der Waals surface area contributed by atoms with E-state index in [2.05, 4.69) is 32.9 Å². The third kappa shape index (κ3) is 7.20. The average molecular weight is 530 g/mol. The number of nitrogens with one attached hydrogen (secondary N) is 1. The Hall–Kier alpha value is -2.17. The zero-order valence-corrected chi connectivity index (χ0v) is 22.5. The number of carbonyl (C=O) groups is 1. The molecular formula is C27H35N3O4S2. The highest BCUT2D eigenvalue weighted by Gasteiger charge is 2.31. The highest BCUT2D eigenvalue weighted by atomic mass is 32.2. The first kappa shape index (κ1) is 26.9. The minimum absolute atomic E-state index is 0.0293. The molecule has 3 aromatic rings. The average Bonchev–Trinajstić information content (AvgIpc) is 3.40. The van der Waals surface area contributed by atoms with Crippen molar-refractivity contribution in [3.8, 4) is 5.75 Å². The van der Waals surface area contributed by atoms with Gasteiger partial charge in [-0.2, -0.15) is 5.48 Å². The molecule has 1 saturated heterocycles. The quantitative estimate of drug-likeness (QED) is 0.222. The molecule has 1 fully saturated rings. The maximum absolute atomic E-state index is 11.7. The van der Waals surface area contributed by atoms with Gasteiger partial charge in [0.25, 0.3) is 0 Å². The number of thiophene rings is 1. The van der Waals surface area contributed by atoms with Gasteiger partial charge < -0.3 is 19.6 Å². The molecule has 0 radical (unpaired) electrons. The Morgan fingerprint density at radius 3 is 2.94 bits per heavy atom. The summed E-state index contributed by atoms with van der Waals surface area (Å²) in [6.07, 6.45) is 4.85. The minimum Gasteiger partial charge on any atom is -0.497 e. The van der Waals surface area contributed by atoms with Crippen LogP contribution in [0, 0.1) is 11.8 Å². The van der Waals surface area contributed by atoms with Gasteiger partial charge in [0.05, 0.1) is 30.0 Å². The van der Waals surface area contributed by atoms with E-state index in [4.69, 9.17) is 9.57 Å². The molecule has 36 heavy (non-hydrogen) atoms. The number of hydrogen-bond acceptors (Lipinski definition) is 8. The number of rotatable bonds is 13. The van der Waals surface area contributed by atoms with E-state index < -0.39 is 5.97 Å². The maximum Gasteiger partial charge on any atom is 0.303 e. The lowest BCUT2D eigenvalue weighted by Crippen LogP contribution is -2.42. The Labute approximate surface area is 221 Å². The lowest BCUT2D eigenvalue weighted by Gasteiger charge is -2.38. The van der Waals surface area contributed by atoms with E-state index in [-0.39, 0.29) is 18.4 Å². The van der Waals surface area contributed by atoms with E-state index in [1.165, 1.54) is 4.21 Å². The van der Waals surface area contributed by atoms with Crippen LogP contribution in [0.4, 0.5) is 0 Å². The Balaban J connectivity index is 1.41. The predicted molar refractivity (Wildman–Crippen MR) is 146 cm³/mol. The topological polar surface area (TPSA) is 83.9 Å². The van der Waals surface area contributed by atoms with Crippen molar-refractivity contribution in [3.63, 3.8) is 0 Å². The van der Waals surface area contributed by atoms with E-state index in [0.717, 1.165) is 66.9 Å². The number of carboxylic acids is 1. The first-order valence-electron chi connectivity index (χ1n) is 12.4. The third-order valence-corrected chi connectivity index (χ3v) is 9.11. The Bertz CT molecular complexity index is 1110. The molecule has 7 nitrogen and oxygen atoms in total. The van der Waals surface area contributed by atoms with Crippen molar-refractivity contribution >= 4 is 40.0 Å². The van der Waals surface area contributed by atoms with Gasteiger partial charge in [-0.1, -0.05) is 6.07 Å². The van der Waals surface area contributed by atoms with E-state index in [0.29, 0.717) is 5.92 Å². The van der Waals surface area contributed by atoms with E-state index >= 15 is 0 Å². The predicted octanol–water partition coefficient (Wildman–Crippen LogP) is 5.48. The fourth-order valence-corrected chi connectivity index (χ4v) is 7.06. The Morgan fingerprint density at radius 1 is 1.31 bits per heavy atom. The van der Waals surface area contributed by atoms with Crippen molar-refractivity contribution in [3.05, 3.63) is 53.5 Å². The van der Waals surface area contributed by atoms with Crippen molar-refractivity contribution in [2.75, 3.05) is 39.6 Å². The minimum atomic E-state index is -0.710. The number of thioether (sulfide) groups is 1. The Morgan fingerprint density at radius 2 is 2.19 bits per heavy atom. The van der Waals surface area contributed by atoms with Crippen molar-refractivity contribution in [1.82, 2.24) is 15.4 Å². The van der Waals surface area contributed by atoms with Crippen LogP contribution in [0.2, 0.25) is 0 Å². The summed E-state index contributed by atoms with van der Waals surface area (Å²) in [6, 6.07) is 12.1. The molecular weight excluding hydrogens is 494 g/mol. The largest absolute Gasteiger partial charge is 0.497 e. The fraction of sp³-hybridized carbons (Fsp3) is 0.481. The zero-order chi connectivity index (χ0) is 25.3. The molecule has 1 aliphatic rings. The zero-order valence-electron chi connectivity index (χ0n) is 20.9. The number of likely N-dealkylation sites (tertiary alicyclic amines) is 1. The molecule has 0 amide bonds. The number of pyridine rings is 1. The van der Waals surface area contributed by atoms with Crippen LogP contribution in [-0.2, 0) is 9.63 Å². The second-order valence-electron chi connectivity index (χ2n) is 9.22. The van der Waals surface area contributed by atoms with Crippen LogP contribution in [0.25, 0.3) is 10.9 Å². The lowest BCUT2D eigenvalue weighted by molar-refractivity contribution is -0.139. The molecule has 2 N–H and O–H groups in total. The van der Waals surface area contributed by atoms with Gasteiger partial charge in [-0.3, -0.25) is 9.78 Å². The summed E-state index contributed by atoms with van der Waals surface area (Å²) in [5, 5.41) is 12.7. The van der Waals surface area contributed by atoms with Gasteiger partial charge in [0.15, 0.2) is 0 Å². The van der Waals surface area contributed by atoms with Crippen molar-refractivity contribution < 1.29 is 19.5 Å². The number of nitrogens with zero attached hydrogens (tertiary/aromatic N) is 2. The molecule has 0 saturated carbocycles. The van der Waals surface area contributed by atoms with E-state index in [1.54, 1.807) is 25.6 Å². The molecule has 2 aromatic heterocycles. The summed E-state index contributed by atoms with van der Waals surface area (Å²) in [5.41, 5.74) is 5.20. The third-order valence-electron chi connectivity index (χ3n) is 7.00. The van der Waals surface area contributed by atoms with Crippen LogP contribution in [0.3, 0.4) is 0 Å². The number of fused-ring (bicyclic) bond motifs is 1. The number of piperidine rings is 1. The van der Waals surface area contributed by atoms with Gasteiger partial charge in [-0.05, 0) is 78.9 Å². The molecule has 3 heterocycles. The number of benzene rings is 1. The normalized spacial score (nSPS) is 19.4. The summed E-state index contributed by atoms with van der Waals surface area (Å²) >= 11 is 3.65. The highest BCUT2D eigenvalue weighted by molar-refractivity contribution is 8.01. The molecule has 3 atom stereocenters. The molecule has 194 valence electrons. The second-order valence-corrected chi connectivity index (χ2v) is 11.6. The molecule has 0 unspecified atom stereocenters. The summed E-state index contributed by atoms with van der Waals surface area (Å²) < 4.78 is 6.78. The number of aliphatic carboxylic acids is 1. The van der Waals surface area contributed by atoms with E-state index in [1.807, 2.05) is 42.2 Å². The van der Waals surface area contributed by atoms with Gasteiger partial charge >= 0.3 is 5.97 Å². The number of aromatic nitrogens is 1. The van der Waals surface area contributed by atoms with Crippen LogP contribution in [0.15, 0.2) is 52.2 Å². The second kappa shape index (κ2) is 13.4. The number of ether oxygens (including phenoxy) is 1. The summed E-state index contributed by atoms with van der Waals surface area (Å²) in [7, 11) is 3.30. The number of hydroxylamine groups is 1. The maximum atomic E-state index is 11.7. The SMILES string of the molecule is CON[C@@H](CC[C@@H]1CCN(CCSc2cccs2)C[C@@H]1CC(=O)O)c1ccnc2ccc(OC)cc12. The van der Waals surface area contributed by atoms with Gasteiger partial charge in [0, 0.05) is 36.8 Å². The van der Waals surface area contributed by atoms with Gasteiger partial charge in [0.2, 0.25) is 0 Å². The molecule has 0 spiro atoms. The number of carboxylic acid groups (broad SMARTS) is 1. The first-order valence-corrected chi connectivity index (χ1v) is 14.3. The van der Waals surface area contributed by atoms with Crippen molar-refractivity contribution in [2.45, 2.75) is 35.9 Å². The van der Waals surface area contributed by atoms with Crippen LogP contribution < -0.4 is 10.2 Å². The summed E-state index contributed by atoms with van der Waals surface area (Å²) in [5.74, 6) is 1.63. The lowest BCUT2D eigenvalue weighted by atomic mass is 9.79. The smallest absolute Gasteiger partial charge is 0.303 e. The number of hydrogen-bond donors (Lipinski definition) is 2. The molecule has 1 aliphatic heterocycles. The van der Waals surface area contributed by atoms with Crippen LogP contribution in [0.1, 0.15) is 37.3 Å². The van der Waals surface area contributed by atoms with E-state index in [9.17, 15) is 9.90 Å². The molecule has 0 aliphatic carbocycles. The summed E-state index contributed by atoms with van der Waals surface area (Å²) in [4.78, 5) is 24.0.